The molecule has 1 atom stereocenters. The Labute approximate surface area is 213 Å². The van der Waals surface area contributed by atoms with E-state index in [-0.39, 0.29) is 16.4 Å². The standard InChI is InChI=1S/C30H37NO3S/c1-18(2)15-20-17-29(4,5)25-19(3)27(35-26(25)30(20,6)7)31-21-13-14-23(28(32)33)24(16-21)34-22-11-9-8-10-12-22/h8-14,16,18,20,31H,15,17H2,1-7H3,(H,32,33). The smallest absolute Gasteiger partial charge is 0.339 e. The number of hydrogen-bond donors (Lipinski definition) is 2. The number of thiophene rings is 1. The SMILES string of the molecule is Cc1c(Nc2ccc(C(=O)O)c(Oc3ccccc3)c2)sc2c1C(C)(C)CC(CC(C)C)C2(C)C. The number of rotatable bonds is 7. The number of para-hydroxylation sites is 1. The molecule has 0 radical (unpaired) electrons. The van der Waals surface area contributed by atoms with Gasteiger partial charge in [0.2, 0.25) is 0 Å². The first-order chi connectivity index (χ1) is 16.4. The molecule has 1 aromatic heterocycles. The first-order valence-electron chi connectivity index (χ1n) is 12.4. The number of aromatic carboxylic acids is 1. The van der Waals surface area contributed by atoms with E-state index in [1.807, 2.05) is 47.7 Å². The second-order valence-electron chi connectivity index (χ2n) is 11.5. The second kappa shape index (κ2) is 9.34. The summed E-state index contributed by atoms with van der Waals surface area (Å²) in [5, 5.41) is 14.4. The van der Waals surface area contributed by atoms with Crippen LogP contribution in [0.15, 0.2) is 48.5 Å². The van der Waals surface area contributed by atoms with Crippen molar-refractivity contribution in [1.82, 2.24) is 0 Å². The normalized spacial score (nSPS) is 18.2. The molecule has 3 aromatic rings. The molecule has 4 rings (SSSR count). The van der Waals surface area contributed by atoms with Crippen LogP contribution in [0.25, 0.3) is 0 Å². The van der Waals surface area contributed by atoms with E-state index in [9.17, 15) is 9.90 Å². The first-order valence-corrected chi connectivity index (χ1v) is 13.2. The Bertz CT molecular complexity index is 1220. The summed E-state index contributed by atoms with van der Waals surface area (Å²) in [7, 11) is 0. The minimum atomic E-state index is -1.01. The third-order valence-electron chi connectivity index (χ3n) is 7.38. The van der Waals surface area contributed by atoms with Gasteiger partial charge in [-0.05, 0) is 72.4 Å². The minimum Gasteiger partial charge on any atom is -0.478 e. The predicted octanol–water partition coefficient (Wildman–Crippen LogP) is 8.91. The average Bonchev–Trinajstić information content (AvgIpc) is 3.10. The third kappa shape index (κ3) is 4.97. The van der Waals surface area contributed by atoms with Gasteiger partial charge in [0.1, 0.15) is 17.1 Å². The highest BCUT2D eigenvalue weighted by atomic mass is 32.1. The van der Waals surface area contributed by atoms with Gasteiger partial charge in [-0.2, -0.15) is 0 Å². The monoisotopic (exact) mass is 491 g/mol. The number of fused-ring (bicyclic) bond motifs is 1. The molecule has 0 aliphatic heterocycles. The van der Waals surface area contributed by atoms with E-state index in [4.69, 9.17) is 4.74 Å². The highest BCUT2D eigenvalue weighted by molar-refractivity contribution is 7.16. The third-order valence-corrected chi connectivity index (χ3v) is 8.93. The number of ether oxygens (including phenoxy) is 1. The Morgan fingerprint density at radius 1 is 1.14 bits per heavy atom. The van der Waals surface area contributed by atoms with Crippen molar-refractivity contribution in [1.29, 1.82) is 0 Å². The molecule has 0 amide bonds. The highest BCUT2D eigenvalue weighted by Gasteiger charge is 2.46. The van der Waals surface area contributed by atoms with Crippen LogP contribution in [0.4, 0.5) is 10.7 Å². The van der Waals surface area contributed by atoms with Crippen molar-refractivity contribution < 1.29 is 14.6 Å². The van der Waals surface area contributed by atoms with E-state index in [2.05, 4.69) is 53.8 Å². The van der Waals surface area contributed by atoms with E-state index >= 15 is 0 Å². The lowest BCUT2D eigenvalue weighted by atomic mass is 9.58. The van der Waals surface area contributed by atoms with Crippen molar-refractivity contribution in [2.45, 2.75) is 72.1 Å². The van der Waals surface area contributed by atoms with Gasteiger partial charge in [0, 0.05) is 22.0 Å². The van der Waals surface area contributed by atoms with Crippen molar-refractivity contribution in [3.8, 4) is 11.5 Å². The summed E-state index contributed by atoms with van der Waals surface area (Å²) in [5.41, 5.74) is 3.94. The number of anilines is 2. The molecule has 1 aliphatic carbocycles. The number of benzene rings is 2. The zero-order chi connectivity index (χ0) is 25.5. The molecule has 0 saturated heterocycles. The van der Waals surface area contributed by atoms with Crippen LogP contribution in [0.1, 0.15) is 80.7 Å². The molecule has 0 fully saturated rings. The Kier molecular flexibility index (Phi) is 6.76. The van der Waals surface area contributed by atoms with Gasteiger partial charge in [-0.3, -0.25) is 0 Å². The summed E-state index contributed by atoms with van der Waals surface area (Å²) >= 11 is 1.85. The van der Waals surface area contributed by atoms with E-state index in [1.165, 1.54) is 28.8 Å². The predicted molar refractivity (Wildman–Crippen MR) is 146 cm³/mol. The van der Waals surface area contributed by atoms with Crippen molar-refractivity contribution in [3.05, 3.63) is 70.1 Å². The fourth-order valence-corrected chi connectivity index (χ4v) is 7.20. The maximum Gasteiger partial charge on any atom is 0.339 e. The van der Waals surface area contributed by atoms with E-state index in [0.717, 1.165) is 10.7 Å². The molecule has 0 spiro atoms. The van der Waals surface area contributed by atoms with Gasteiger partial charge in [0.25, 0.3) is 0 Å². The number of carboxylic acids is 1. The zero-order valence-electron chi connectivity index (χ0n) is 21.9. The Hall–Kier alpha value is -2.79. The van der Waals surface area contributed by atoms with Crippen LogP contribution in [0, 0.1) is 18.8 Å². The van der Waals surface area contributed by atoms with Crippen molar-refractivity contribution in [2.24, 2.45) is 11.8 Å². The van der Waals surface area contributed by atoms with Crippen molar-refractivity contribution >= 4 is 28.0 Å². The summed E-state index contributed by atoms with van der Waals surface area (Å²) in [6, 6.07) is 14.5. The van der Waals surface area contributed by atoms with Gasteiger partial charge in [0.15, 0.2) is 0 Å². The zero-order valence-corrected chi connectivity index (χ0v) is 22.7. The molecule has 5 heteroatoms. The Morgan fingerprint density at radius 3 is 2.46 bits per heavy atom. The summed E-state index contributed by atoms with van der Waals surface area (Å²) in [6.07, 6.45) is 2.41. The fourth-order valence-electron chi connectivity index (χ4n) is 5.61. The summed E-state index contributed by atoms with van der Waals surface area (Å²) in [6.45, 7) is 16.4. The van der Waals surface area contributed by atoms with Crippen LogP contribution in [-0.4, -0.2) is 11.1 Å². The molecule has 4 nitrogen and oxygen atoms in total. The van der Waals surface area contributed by atoms with Crippen LogP contribution in [0.5, 0.6) is 11.5 Å². The number of carboxylic acid groups (broad SMARTS) is 1. The average molecular weight is 492 g/mol. The molecule has 186 valence electrons. The lowest BCUT2D eigenvalue weighted by Crippen LogP contribution is -2.41. The molecule has 1 aliphatic rings. The molecule has 1 unspecified atom stereocenters. The van der Waals surface area contributed by atoms with E-state index in [0.29, 0.717) is 23.3 Å². The molecule has 2 aromatic carbocycles. The van der Waals surface area contributed by atoms with E-state index < -0.39 is 5.97 Å². The molecule has 2 N–H and O–H groups in total. The lowest BCUT2D eigenvalue weighted by molar-refractivity contribution is 0.0694. The van der Waals surface area contributed by atoms with Gasteiger partial charge < -0.3 is 15.2 Å². The molecule has 0 bridgehead atoms. The summed E-state index contributed by atoms with van der Waals surface area (Å²) in [5.74, 6) is 1.23. The van der Waals surface area contributed by atoms with Crippen LogP contribution < -0.4 is 10.1 Å². The molecule has 35 heavy (non-hydrogen) atoms. The number of nitrogens with one attached hydrogen (secondary N) is 1. The van der Waals surface area contributed by atoms with Crippen LogP contribution in [0.3, 0.4) is 0 Å². The van der Waals surface area contributed by atoms with E-state index in [1.54, 1.807) is 12.1 Å². The summed E-state index contributed by atoms with van der Waals surface area (Å²) < 4.78 is 5.96. The van der Waals surface area contributed by atoms with Crippen LogP contribution in [-0.2, 0) is 10.8 Å². The first kappa shape index (κ1) is 25.3. The maximum absolute atomic E-state index is 11.8. The molecular weight excluding hydrogens is 454 g/mol. The van der Waals surface area contributed by atoms with Gasteiger partial charge in [0.05, 0.1) is 5.00 Å². The second-order valence-corrected chi connectivity index (χ2v) is 12.5. The van der Waals surface area contributed by atoms with Crippen molar-refractivity contribution in [2.75, 3.05) is 5.32 Å². The Morgan fingerprint density at radius 2 is 1.83 bits per heavy atom. The van der Waals surface area contributed by atoms with Gasteiger partial charge >= 0.3 is 5.97 Å². The quantitative estimate of drug-likeness (QED) is 0.346. The fraction of sp³-hybridized carbons (Fsp3) is 0.433. The minimum absolute atomic E-state index is 0.110. The van der Waals surface area contributed by atoms with Crippen LogP contribution >= 0.6 is 11.3 Å². The molecular formula is C30H37NO3S. The lowest BCUT2D eigenvalue weighted by Gasteiger charge is -2.47. The maximum atomic E-state index is 11.8. The van der Waals surface area contributed by atoms with Crippen molar-refractivity contribution in [3.63, 3.8) is 0 Å². The van der Waals surface area contributed by atoms with Gasteiger partial charge in [-0.25, -0.2) is 4.79 Å². The molecule has 1 heterocycles. The summed E-state index contributed by atoms with van der Waals surface area (Å²) in [4.78, 5) is 13.3. The number of hydrogen-bond acceptors (Lipinski definition) is 4. The largest absolute Gasteiger partial charge is 0.478 e. The Balaban J connectivity index is 1.71. The van der Waals surface area contributed by atoms with Gasteiger partial charge in [-0.1, -0.05) is 59.7 Å². The highest BCUT2D eigenvalue weighted by Crippen LogP contribution is 2.56. The van der Waals surface area contributed by atoms with Gasteiger partial charge in [-0.15, -0.1) is 11.3 Å². The van der Waals surface area contributed by atoms with Crippen LogP contribution in [0.2, 0.25) is 0 Å². The topological polar surface area (TPSA) is 58.6 Å². The molecule has 0 saturated carbocycles. The number of carbonyl (C=O) groups is 1.